The normalized spacial score (nSPS) is 15.1. The van der Waals surface area contributed by atoms with Crippen LogP contribution in [-0.2, 0) is 17.9 Å². The number of aromatic nitrogens is 2. The predicted octanol–water partition coefficient (Wildman–Crippen LogP) is 0.887. The molecular formula is C17H21N5O2. The Balaban J connectivity index is 1.66. The molecule has 0 fully saturated rings. The molecule has 1 aliphatic rings. The van der Waals surface area contributed by atoms with Gasteiger partial charge in [0.15, 0.2) is 0 Å². The van der Waals surface area contributed by atoms with Crippen molar-refractivity contribution in [3.8, 4) is 0 Å². The molecule has 0 spiro atoms. The molecule has 0 bridgehead atoms. The van der Waals surface area contributed by atoms with Crippen LogP contribution < -0.4 is 11.3 Å². The van der Waals surface area contributed by atoms with Gasteiger partial charge in [0.05, 0.1) is 23.8 Å². The largest absolute Gasteiger partial charge is 0.369 e. The molecule has 0 aliphatic carbocycles. The molecule has 1 aromatic heterocycles. The highest BCUT2D eigenvalue weighted by Gasteiger charge is 2.27. The van der Waals surface area contributed by atoms with E-state index in [-0.39, 0.29) is 30.0 Å². The van der Waals surface area contributed by atoms with Gasteiger partial charge in [0.25, 0.3) is 5.56 Å². The second-order valence-electron chi connectivity index (χ2n) is 6.11. The number of carbonyl (C=O) groups excluding carboxylic acids is 1. The number of nitrogens with one attached hydrogen (secondary N) is 1. The lowest BCUT2D eigenvalue weighted by atomic mass is 10.1. The first-order chi connectivity index (χ1) is 11.5. The lowest BCUT2D eigenvalue weighted by molar-refractivity contribution is -0.133. The van der Waals surface area contributed by atoms with Crippen LogP contribution in [0.15, 0.2) is 35.1 Å². The van der Waals surface area contributed by atoms with Gasteiger partial charge in [-0.3, -0.25) is 19.5 Å². The molecule has 0 radical (unpaired) electrons. The third-order valence-corrected chi connectivity index (χ3v) is 4.49. The SMILES string of the molecule is CC(c1ccccc1)N(C)C(=O)CN1Cc2nc(N)[nH]c(=O)c2C1. The van der Waals surface area contributed by atoms with Crippen LogP contribution in [0.25, 0.3) is 0 Å². The van der Waals surface area contributed by atoms with E-state index in [4.69, 9.17) is 5.73 Å². The maximum Gasteiger partial charge on any atom is 0.257 e. The summed E-state index contributed by atoms with van der Waals surface area (Å²) in [5, 5.41) is 0. The van der Waals surface area contributed by atoms with Crippen molar-refractivity contribution < 1.29 is 4.79 Å². The molecule has 3 rings (SSSR count). The van der Waals surface area contributed by atoms with Crippen molar-refractivity contribution in [1.82, 2.24) is 19.8 Å². The monoisotopic (exact) mass is 327 g/mol. The van der Waals surface area contributed by atoms with Gasteiger partial charge in [-0.25, -0.2) is 4.98 Å². The van der Waals surface area contributed by atoms with E-state index in [2.05, 4.69) is 9.97 Å². The van der Waals surface area contributed by atoms with Crippen LogP contribution in [-0.4, -0.2) is 39.3 Å². The van der Waals surface area contributed by atoms with Crippen LogP contribution >= 0.6 is 0 Å². The van der Waals surface area contributed by atoms with E-state index in [1.807, 2.05) is 42.2 Å². The second-order valence-corrected chi connectivity index (χ2v) is 6.11. The zero-order valence-corrected chi connectivity index (χ0v) is 13.8. The highest BCUT2D eigenvalue weighted by molar-refractivity contribution is 5.78. The first-order valence-corrected chi connectivity index (χ1v) is 7.86. The van der Waals surface area contributed by atoms with Crippen LogP contribution in [0.4, 0.5) is 5.95 Å². The molecule has 1 unspecified atom stereocenters. The molecule has 1 aromatic carbocycles. The Morgan fingerprint density at radius 2 is 2.08 bits per heavy atom. The fourth-order valence-electron chi connectivity index (χ4n) is 2.93. The number of benzene rings is 1. The number of carbonyl (C=O) groups is 1. The number of likely N-dealkylation sites (N-methyl/N-ethyl adjacent to an activating group) is 1. The molecular weight excluding hydrogens is 306 g/mol. The number of hydrogen-bond acceptors (Lipinski definition) is 5. The lowest BCUT2D eigenvalue weighted by Gasteiger charge is -2.27. The number of aromatic amines is 1. The number of nitrogen functional groups attached to an aromatic ring is 1. The molecule has 2 aromatic rings. The number of rotatable bonds is 4. The van der Waals surface area contributed by atoms with Crippen molar-refractivity contribution in [2.75, 3.05) is 19.3 Å². The Morgan fingerprint density at radius 1 is 1.38 bits per heavy atom. The van der Waals surface area contributed by atoms with Crippen LogP contribution in [0.5, 0.6) is 0 Å². The summed E-state index contributed by atoms with van der Waals surface area (Å²) in [6, 6.07) is 9.88. The minimum Gasteiger partial charge on any atom is -0.369 e. The molecule has 1 atom stereocenters. The van der Waals surface area contributed by atoms with E-state index in [1.54, 1.807) is 11.9 Å². The van der Waals surface area contributed by atoms with Crippen molar-refractivity contribution in [2.45, 2.75) is 26.1 Å². The summed E-state index contributed by atoms with van der Waals surface area (Å²) in [7, 11) is 1.80. The zero-order valence-electron chi connectivity index (χ0n) is 13.8. The highest BCUT2D eigenvalue weighted by atomic mass is 16.2. The van der Waals surface area contributed by atoms with Crippen molar-refractivity contribution in [1.29, 1.82) is 0 Å². The molecule has 0 saturated carbocycles. The molecule has 24 heavy (non-hydrogen) atoms. The van der Waals surface area contributed by atoms with Crippen LogP contribution in [0.2, 0.25) is 0 Å². The minimum absolute atomic E-state index is 0.00330. The Bertz CT molecular complexity index is 802. The first-order valence-electron chi connectivity index (χ1n) is 7.86. The van der Waals surface area contributed by atoms with Gasteiger partial charge < -0.3 is 10.6 Å². The number of hydrogen-bond donors (Lipinski definition) is 2. The minimum atomic E-state index is -0.224. The van der Waals surface area contributed by atoms with E-state index in [9.17, 15) is 9.59 Å². The van der Waals surface area contributed by atoms with Crippen LogP contribution in [0, 0.1) is 0 Å². The number of nitrogens with two attached hydrogens (primary N) is 1. The average Bonchev–Trinajstić information content (AvgIpc) is 2.96. The summed E-state index contributed by atoms with van der Waals surface area (Å²) >= 11 is 0. The van der Waals surface area contributed by atoms with E-state index >= 15 is 0 Å². The number of nitrogens with zero attached hydrogens (tertiary/aromatic N) is 3. The smallest absolute Gasteiger partial charge is 0.257 e. The number of fused-ring (bicyclic) bond motifs is 1. The summed E-state index contributed by atoms with van der Waals surface area (Å²) in [5.41, 5.74) is 7.68. The summed E-state index contributed by atoms with van der Waals surface area (Å²) in [6.45, 7) is 3.11. The van der Waals surface area contributed by atoms with Gasteiger partial charge in [0, 0.05) is 20.1 Å². The Kier molecular flexibility index (Phi) is 4.35. The van der Waals surface area contributed by atoms with Gasteiger partial charge in [0.1, 0.15) is 0 Å². The summed E-state index contributed by atoms with van der Waals surface area (Å²) in [6.07, 6.45) is 0. The third-order valence-electron chi connectivity index (χ3n) is 4.49. The van der Waals surface area contributed by atoms with E-state index in [0.717, 1.165) is 5.56 Å². The van der Waals surface area contributed by atoms with Crippen molar-refractivity contribution in [3.05, 3.63) is 57.5 Å². The second kappa shape index (κ2) is 6.45. The number of amides is 1. The third kappa shape index (κ3) is 3.16. The van der Waals surface area contributed by atoms with Crippen molar-refractivity contribution in [3.63, 3.8) is 0 Å². The topological polar surface area (TPSA) is 95.3 Å². The standard InChI is InChI=1S/C17H21N5O2/c1-11(12-6-4-3-5-7-12)21(2)15(23)10-22-8-13-14(9-22)19-17(18)20-16(13)24/h3-7,11H,8-10H2,1-2H3,(H3,18,19,20,24). The number of H-pyrrole nitrogens is 1. The molecule has 7 nitrogen and oxygen atoms in total. The van der Waals surface area contributed by atoms with E-state index in [0.29, 0.717) is 24.3 Å². The Labute approximate surface area is 140 Å². The summed E-state index contributed by atoms with van der Waals surface area (Å²) < 4.78 is 0. The summed E-state index contributed by atoms with van der Waals surface area (Å²) in [4.78, 5) is 34.7. The number of anilines is 1. The lowest BCUT2D eigenvalue weighted by Crippen LogP contribution is -2.37. The maximum atomic E-state index is 12.6. The Hall–Kier alpha value is -2.67. The molecule has 7 heteroatoms. The fourth-order valence-corrected chi connectivity index (χ4v) is 2.93. The van der Waals surface area contributed by atoms with Crippen molar-refractivity contribution in [2.24, 2.45) is 0 Å². The van der Waals surface area contributed by atoms with Gasteiger partial charge >= 0.3 is 0 Å². The van der Waals surface area contributed by atoms with E-state index < -0.39 is 0 Å². The molecule has 2 heterocycles. The Morgan fingerprint density at radius 3 is 2.79 bits per heavy atom. The van der Waals surface area contributed by atoms with Gasteiger partial charge in [0.2, 0.25) is 11.9 Å². The van der Waals surface area contributed by atoms with Crippen molar-refractivity contribution >= 4 is 11.9 Å². The van der Waals surface area contributed by atoms with Gasteiger partial charge in [-0.1, -0.05) is 30.3 Å². The molecule has 3 N–H and O–H groups in total. The maximum absolute atomic E-state index is 12.6. The zero-order chi connectivity index (χ0) is 17.3. The highest BCUT2D eigenvalue weighted by Crippen LogP contribution is 2.21. The van der Waals surface area contributed by atoms with Crippen LogP contribution in [0.1, 0.15) is 29.8 Å². The van der Waals surface area contributed by atoms with Crippen LogP contribution in [0.3, 0.4) is 0 Å². The summed E-state index contributed by atoms with van der Waals surface area (Å²) in [5.74, 6) is 0.116. The molecule has 126 valence electrons. The molecule has 1 aliphatic heterocycles. The van der Waals surface area contributed by atoms with Gasteiger partial charge in [-0.05, 0) is 12.5 Å². The average molecular weight is 327 g/mol. The fraction of sp³-hybridized carbons (Fsp3) is 0.353. The van der Waals surface area contributed by atoms with Gasteiger partial charge in [-0.15, -0.1) is 0 Å². The van der Waals surface area contributed by atoms with E-state index in [1.165, 1.54) is 0 Å². The molecule has 1 amide bonds. The quantitative estimate of drug-likeness (QED) is 0.869. The van der Waals surface area contributed by atoms with Gasteiger partial charge in [-0.2, -0.15) is 0 Å². The molecule has 0 saturated heterocycles. The first kappa shape index (κ1) is 16.2. The predicted molar refractivity (Wildman–Crippen MR) is 91.0 cm³/mol.